The number of benzene rings is 4. The van der Waals surface area contributed by atoms with E-state index in [1.165, 1.54) is 0 Å². The molecule has 4 aromatic rings. The van der Waals surface area contributed by atoms with Crippen LogP contribution in [0.15, 0.2) is 109 Å². The number of rotatable bonds is 8. The van der Waals surface area contributed by atoms with Gasteiger partial charge in [0.1, 0.15) is 24.7 Å². The highest BCUT2D eigenvalue weighted by molar-refractivity contribution is 5.52. The minimum Gasteiger partial charge on any atom is -0.488 e. The zero-order valence-electron chi connectivity index (χ0n) is 19.0. The van der Waals surface area contributed by atoms with Gasteiger partial charge in [0.05, 0.1) is 12.7 Å². The molecule has 1 atom stereocenters. The highest BCUT2D eigenvalue weighted by Crippen LogP contribution is 2.49. The second-order valence-electron chi connectivity index (χ2n) is 8.43. The molecule has 1 aliphatic rings. The molecular formula is C30H28O4. The lowest BCUT2D eigenvalue weighted by Gasteiger charge is -2.35. The topological polar surface area (TPSA) is 47.9 Å². The van der Waals surface area contributed by atoms with Crippen molar-refractivity contribution in [3.8, 4) is 11.5 Å². The number of hydrogen-bond donors (Lipinski definition) is 1. The maximum absolute atomic E-state index is 11.3. The fourth-order valence-electron chi connectivity index (χ4n) is 4.56. The third kappa shape index (κ3) is 4.43. The van der Waals surface area contributed by atoms with Crippen LogP contribution in [0.3, 0.4) is 0 Å². The Morgan fingerprint density at radius 3 is 1.53 bits per heavy atom. The first-order valence-electron chi connectivity index (χ1n) is 11.6. The quantitative estimate of drug-likeness (QED) is 0.363. The molecule has 0 aromatic heterocycles. The molecule has 0 bridgehead atoms. The van der Waals surface area contributed by atoms with E-state index in [9.17, 15) is 5.11 Å². The van der Waals surface area contributed by atoms with Gasteiger partial charge in [-0.3, -0.25) is 0 Å². The molecule has 1 fully saturated rings. The van der Waals surface area contributed by atoms with Gasteiger partial charge in [0.2, 0.25) is 0 Å². The smallest absolute Gasteiger partial charge is 0.151 e. The number of para-hydroxylation sites is 2. The molecule has 1 aliphatic heterocycles. The number of ether oxygens (including phenoxy) is 3. The molecule has 172 valence electrons. The Bertz CT molecular complexity index is 1120. The molecule has 0 spiro atoms. The van der Waals surface area contributed by atoms with Crippen molar-refractivity contribution >= 4 is 0 Å². The first kappa shape index (κ1) is 22.2. The first-order valence-corrected chi connectivity index (χ1v) is 11.6. The molecule has 4 aromatic carbocycles. The molecule has 0 radical (unpaired) electrons. The summed E-state index contributed by atoms with van der Waals surface area (Å²) in [5.74, 6) is 1.37. The van der Waals surface area contributed by atoms with Crippen molar-refractivity contribution in [3.63, 3.8) is 0 Å². The number of hydrogen-bond acceptors (Lipinski definition) is 4. The average Bonchev–Trinajstić information content (AvgIpc) is 3.29. The van der Waals surface area contributed by atoms with Gasteiger partial charge in [-0.25, -0.2) is 0 Å². The summed E-state index contributed by atoms with van der Waals surface area (Å²) >= 11 is 0. The van der Waals surface area contributed by atoms with Crippen molar-refractivity contribution < 1.29 is 19.3 Å². The fraction of sp³-hybridized carbons (Fsp3) is 0.200. The maximum Gasteiger partial charge on any atom is 0.151 e. The van der Waals surface area contributed by atoms with E-state index in [2.05, 4.69) is 0 Å². The van der Waals surface area contributed by atoms with Crippen LogP contribution in [-0.4, -0.2) is 17.8 Å². The Balaban J connectivity index is 1.52. The van der Waals surface area contributed by atoms with Gasteiger partial charge in [-0.1, -0.05) is 97.1 Å². The molecule has 34 heavy (non-hydrogen) atoms. The highest BCUT2D eigenvalue weighted by Gasteiger charge is 2.50. The van der Waals surface area contributed by atoms with Crippen LogP contribution in [-0.2, 0) is 23.6 Å². The summed E-state index contributed by atoms with van der Waals surface area (Å²) in [7, 11) is 0. The van der Waals surface area contributed by atoms with E-state index in [1.54, 1.807) is 0 Å². The summed E-state index contributed by atoms with van der Waals surface area (Å²) in [4.78, 5) is 0. The number of aliphatic hydroxyl groups excluding tert-OH is 1. The largest absolute Gasteiger partial charge is 0.488 e. The zero-order chi connectivity index (χ0) is 23.2. The summed E-state index contributed by atoms with van der Waals surface area (Å²) < 4.78 is 18.9. The summed E-state index contributed by atoms with van der Waals surface area (Å²) in [5.41, 5.74) is 2.66. The molecule has 0 aliphatic carbocycles. The standard InChI is InChI=1S/C30H28O4/c31-29-19-20-34-30(29,25-15-7-9-17-27(25)32-21-23-11-3-1-4-12-23)26-16-8-10-18-28(26)33-22-24-13-5-2-6-14-24/h1-18,29,31H,19-22H2. The predicted octanol–water partition coefficient (Wildman–Crippen LogP) is 5.87. The van der Waals surface area contributed by atoms with Gasteiger partial charge in [0, 0.05) is 17.5 Å². The van der Waals surface area contributed by atoms with E-state index >= 15 is 0 Å². The van der Waals surface area contributed by atoms with Crippen LogP contribution in [0.4, 0.5) is 0 Å². The summed E-state index contributed by atoms with van der Waals surface area (Å²) in [6, 6.07) is 35.7. The third-order valence-electron chi connectivity index (χ3n) is 6.24. The van der Waals surface area contributed by atoms with Gasteiger partial charge < -0.3 is 19.3 Å². The van der Waals surface area contributed by atoms with Gasteiger partial charge >= 0.3 is 0 Å². The Morgan fingerprint density at radius 1 is 0.647 bits per heavy atom. The average molecular weight is 453 g/mol. The van der Waals surface area contributed by atoms with Crippen molar-refractivity contribution in [2.75, 3.05) is 6.61 Å². The normalized spacial score (nSPS) is 16.8. The Morgan fingerprint density at radius 2 is 1.09 bits per heavy atom. The van der Waals surface area contributed by atoms with Crippen molar-refractivity contribution in [1.82, 2.24) is 0 Å². The molecule has 4 nitrogen and oxygen atoms in total. The molecule has 1 heterocycles. The summed E-state index contributed by atoms with van der Waals surface area (Å²) in [6.45, 7) is 1.30. The van der Waals surface area contributed by atoms with Gasteiger partial charge in [0.25, 0.3) is 0 Å². The molecule has 1 N–H and O–H groups in total. The van der Waals surface area contributed by atoms with Gasteiger partial charge in [0.15, 0.2) is 5.60 Å². The van der Waals surface area contributed by atoms with E-state index in [-0.39, 0.29) is 0 Å². The fourth-order valence-corrected chi connectivity index (χ4v) is 4.56. The highest BCUT2D eigenvalue weighted by atomic mass is 16.5. The van der Waals surface area contributed by atoms with Crippen LogP contribution in [0, 0.1) is 0 Å². The summed E-state index contributed by atoms with van der Waals surface area (Å²) in [5, 5.41) is 11.3. The molecular weight excluding hydrogens is 424 g/mol. The minimum atomic E-state index is -1.08. The first-order chi connectivity index (χ1) is 16.8. The molecule has 1 saturated heterocycles. The lowest BCUT2D eigenvalue weighted by molar-refractivity contribution is -0.0340. The van der Waals surface area contributed by atoms with E-state index in [4.69, 9.17) is 14.2 Å². The van der Waals surface area contributed by atoms with E-state index in [0.29, 0.717) is 37.7 Å². The molecule has 5 rings (SSSR count). The van der Waals surface area contributed by atoms with E-state index in [1.807, 2.05) is 109 Å². The van der Waals surface area contributed by atoms with E-state index in [0.717, 1.165) is 22.3 Å². The van der Waals surface area contributed by atoms with E-state index < -0.39 is 11.7 Å². The molecule has 0 amide bonds. The molecule has 1 unspecified atom stereocenters. The maximum atomic E-state index is 11.3. The number of aliphatic hydroxyl groups is 1. The van der Waals surface area contributed by atoms with Crippen molar-refractivity contribution in [1.29, 1.82) is 0 Å². The Kier molecular flexibility index (Phi) is 6.61. The van der Waals surface area contributed by atoms with Gasteiger partial charge in [-0.15, -0.1) is 0 Å². The molecule has 0 saturated carbocycles. The van der Waals surface area contributed by atoms with Crippen LogP contribution in [0.2, 0.25) is 0 Å². The van der Waals surface area contributed by atoms with Crippen molar-refractivity contribution in [2.45, 2.75) is 31.3 Å². The third-order valence-corrected chi connectivity index (χ3v) is 6.24. The molecule has 4 heteroatoms. The summed E-state index contributed by atoms with van der Waals surface area (Å²) in [6.07, 6.45) is -0.213. The van der Waals surface area contributed by atoms with Crippen LogP contribution >= 0.6 is 0 Å². The van der Waals surface area contributed by atoms with Gasteiger partial charge in [-0.2, -0.15) is 0 Å². The monoisotopic (exact) mass is 452 g/mol. The predicted molar refractivity (Wildman–Crippen MR) is 132 cm³/mol. The van der Waals surface area contributed by atoms with Crippen molar-refractivity contribution in [3.05, 3.63) is 131 Å². The van der Waals surface area contributed by atoms with Crippen molar-refractivity contribution in [2.24, 2.45) is 0 Å². The second kappa shape index (κ2) is 10.1. The minimum absolute atomic E-state index is 0.427. The lowest BCUT2D eigenvalue weighted by Crippen LogP contribution is -2.38. The zero-order valence-corrected chi connectivity index (χ0v) is 19.0. The van der Waals surface area contributed by atoms with Crippen LogP contribution in [0.1, 0.15) is 28.7 Å². The Labute approximate surface area is 200 Å². The lowest BCUT2D eigenvalue weighted by atomic mass is 9.81. The second-order valence-corrected chi connectivity index (χ2v) is 8.43. The van der Waals surface area contributed by atoms with Gasteiger partial charge in [-0.05, 0) is 23.3 Å². The van der Waals surface area contributed by atoms with Crippen LogP contribution < -0.4 is 9.47 Å². The SMILES string of the molecule is OC1CCOC1(c1ccccc1OCc1ccccc1)c1ccccc1OCc1ccccc1. The van der Waals surface area contributed by atoms with Crippen LogP contribution in [0.5, 0.6) is 11.5 Å². The van der Waals surface area contributed by atoms with Crippen LogP contribution in [0.25, 0.3) is 0 Å². The Hall–Kier alpha value is -3.60.